The third kappa shape index (κ3) is 2.72. The molecular formula is C14H16N2O5. The van der Waals surface area contributed by atoms with Crippen LogP contribution < -0.4 is 0 Å². The summed E-state index contributed by atoms with van der Waals surface area (Å²) in [6.45, 7) is 3.77. The Hall–Kier alpha value is -2.44. The molecule has 1 aliphatic heterocycles. The summed E-state index contributed by atoms with van der Waals surface area (Å²) in [4.78, 5) is 35.5. The maximum absolute atomic E-state index is 12.5. The van der Waals surface area contributed by atoms with Gasteiger partial charge in [-0.25, -0.2) is 0 Å². The van der Waals surface area contributed by atoms with Crippen molar-refractivity contribution in [1.82, 2.24) is 4.90 Å². The average molecular weight is 292 g/mol. The topological polar surface area (TPSA) is 101 Å². The first-order valence-electron chi connectivity index (χ1n) is 6.59. The molecule has 1 amide bonds. The molecule has 21 heavy (non-hydrogen) atoms. The van der Waals surface area contributed by atoms with Crippen LogP contribution in [-0.2, 0) is 4.79 Å². The highest BCUT2D eigenvalue weighted by molar-refractivity contribution is 6.00. The first-order valence-corrected chi connectivity index (χ1v) is 6.59. The first-order chi connectivity index (χ1) is 9.82. The van der Waals surface area contributed by atoms with Gasteiger partial charge in [0.25, 0.3) is 11.6 Å². The zero-order valence-corrected chi connectivity index (χ0v) is 11.8. The number of hydrogen-bond acceptors (Lipinski definition) is 4. The van der Waals surface area contributed by atoms with Gasteiger partial charge in [0.1, 0.15) is 5.56 Å². The van der Waals surface area contributed by atoms with Gasteiger partial charge in [-0.2, -0.15) is 0 Å². The zero-order chi connectivity index (χ0) is 15.7. The Morgan fingerprint density at radius 1 is 1.38 bits per heavy atom. The second-order valence-corrected chi connectivity index (χ2v) is 5.36. The summed E-state index contributed by atoms with van der Waals surface area (Å²) in [5.41, 5.74) is 0.313. The van der Waals surface area contributed by atoms with Gasteiger partial charge >= 0.3 is 5.97 Å². The van der Waals surface area contributed by atoms with Crippen LogP contribution >= 0.6 is 0 Å². The average Bonchev–Trinajstić information content (AvgIpc) is 2.80. The number of aryl methyl sites for hydroxylation is 1. The summed E-state index contributed by atoms with van der Waals surface area (Å²) in [5, 5.41) is 20.2. The monoisotopic (exact) mass is 292 g/mol. The van der Waals surface area contributed by atoms with Gasteiger partial charge < -0.3 is 10.0 Å². The molecule has 2 atom stereocenters. The highest BCUT2D eigenvalue weighted by atomic mass is 16.6. The largest absolute Gasteiger partial charge is 0.481 e. The summed E-state index contributed by atoms with van der Waals surface area (Å²) in [7, 11) is 0. The second-order valence-electron chi connectivity index (χ2n) is 5.36. The molecule has 1 aliphatic rings. The third-order valence-electron chi connectivity index (χ3n) is 3.88. The molecule has 0 aromatic heterocycles. The number of rotatable bonds is 3. The van der Waals surface area contributed by atoms with E-state index in [-0.39, 0.29) is 23.7 Å². The molecule has 0 saturated carbocycles. The predicted octanol–water partition coefficient (Wildman–Crippen LogP) is 1.70. The van der Waals surface area contributed by atoms with Gasteiger partial charge in [0, 0.05) is 19.2 Å². The van der Waals surface area contributed by atoms with E-state index in [9.17, 15) is 19.7 Å². The molecule has 7 heteroatoms. The van der Waals surface area contributed by atoms with Crippen LogP contribution in [0.15, 0.2) is 18.2 Å². The number of carboxylic acids is 1. The summed E-state index contributed by atoms with van der Waals surface area (Å²) in [5.74, 6) is -2.22. The van der Waals surface area contributed by atoms with Crippen LogP contribution in [-0.4, -0.2) is 39.9 Å². The van der Waals surface area contributed by atoms with Gasteiger partial charge in [-0.05, 0) is 18.4 Å². The van der Waals surface area contributed by atoms with Crippen molar-refractivity contribution >= 4 is 17.6 Å². The van der Waals surface area contributed by atoms with Crippen LogP contribution in [0.1, 0.15) is 22.8 Å². The Balaban J connectivity index is 2.34. The molecule has 0 spiro atoms. The van der Waals surface area contributed by atoms with Crippen molar-refractivity contribution < 1.29 is 19.6 Å². The van der Waals surface area contributed by atoms with E-state index in [0.717, 1.165) is 0 Å². The van der Waals surface area contributed by atoms with Gasteiger partial charge in [0.05, 0.1) is 10.8 Å². The van der Waals surface area contributed by atoms with Gasteiger partial charge in [0.2, 0.25) is 0 Å². The Kier molecular flexibility index (Phi) is 3.93. The lowest BCUT2D eigenvalue weighted by molar-refractivity contribution is -0.385. The molecule has 1 aromatic carbocycles. The number of benzene rings is 1. The van der Waals surface area contributed by atoms with E-state index < -0.39 is 22.7 Å². The molecule has 2 unspecified atom stereocenters. The van der Waals surface area contributed by atoms with Crippen LogP contribution in [0.2, 0.25) is 0 Å². The fraction of sp³-hybridized carbons (Fsp3) is 0.429. The standard InChI is InChI=1S/C14H16N2O5/c1-8-4-3-5-11(16(20)21)12(8)13(17)15-6-9(2)10(7-15)14(18)19/h3-5,9-10H,6-7H2,1-2H3,(H,18,19). The van der Waals surface area contributed by atoms with Crippen molar-refractivity contribution in [2.75, 3.05) is 13.1 Å². The number of amides is 1. The van der Waals surface area contributed by atoms with Gasteiger partial charge in [-0.15, -0.1) is 0 Å². The van der Waals surface area contributed by atoms with Crippen LogP contribution in [0, 0.1) is 28.9 Å². The summed E-state index contributed by atoms with van der Waals surface area (Å²) >= 11 is 0. The van der Waals surface area contributed by atoms with E-state index in [1.807, 2.05) is 0 Å². The number of carboxylic acid groups (broad SMARTS) is 1. The minimum Gasteiger partial charge on any atom is -0.481 e. The van der Waals surface area contributed by atoms with Crippen molar-refractivity contribution in [3.05, 3.63) is 39.4 Å². The molecule has 0 radical (unpaired) electrons. The lowest BCUT2D eigenvalue weighted by Gasteiger charge is -2.17. The number of likely N-dealkylation sites (tertiary alicyclic amines) is 1. The Morgan fingerprint density at radius 2 is 2.05 bits per heavy atom. The fourth-order valence-corrected chi connectivity index (χ4v) is 2.69. The van der Waals surface area contributed by atoms with Crippen molar-refractivity contribution in [3.8, 4) is 0 Å². The predicted molar refractivity (Wildman–Crippen MR) is 74.0 cm³/mol. The van der Waals surface area contributed by atoms with E-state index >= 15 is 0 Å². The number of carbonyl (C=O) groups is 2. The molecule has 1 aromatic rings. The number of nitrogens with zero attached hydrogens (tertiary/aromatic N) is 2. The van der Waals surface area contributed by atoms with Gasteiger partial charge in [-0.3, -0.25) is 19.7 Å². The smallest absolute Gasteiger partial charge is 0.308 e. The van der Waals surface area contributed by atoms with E-state index in [0.29, 0.717) is 12.1 Å². The molecular weight excluding hydrogens is 276 g/mol. The number of nitro benzene ring substituents is 1. The normalized spacial score (nSPS) is 21.3. The van der Waals surface area contributed by atoms with Gasteiger partial charge in [-0.1, -0.05) is 19.1 Å². The van der Waals surface area contributed by atoms with E-state index in [2.05, 4.69) is 0 Å². The number of hydrogen-bond donors (Lipinski definition) is 1. The van der Waals surface area contributed by atoms with Crippen LogP contribution in [0.25, 0.3) is 0 Å². The van der Waals surface area contributed by atoms with E-state index in [1.54, 1.807) is 19.9 Å². The Bertz CT molecular complexity index is 613. The van der Waals surface area contributed by atoms with Crippen LogP contribution in [0.4, 0.5) is 5.69 Å². The minimum absolute atomic E-state index is 0.0424. The van der Waals surface area contributed by atoms with Crippen molar-refractivity contribution in [2.45, 2.75) is 13.8 Å². The molecule has 1 N–H and O–H groups in total. The van der Waals surface area contributed by atoms with Crippen LogP contribution in [0.3, 0.4) is 0 Å². The number of nitro groups is 1. The maximum atomic E-state index is 12.5. The first kappa shape index (κ1) is 15.0. The molecule has 0 bridgehead atoms. The molecule has 7 nitrogen and oxygen atoms in total. The third-order valence-corrected chi connectivity index (χ3v) is 3.88. The molecule has 1 fully saturated rings. The fourth-order valence-electron chi connectivity index (χ4n) is 2.69. The second kappa shape index (κ2) is 5.51. The molecule has 112 valence electrons. The van der Waals surface area contributed by atoms with E-state index in [4.69, 9.17) is 5.11 Å². The van der Waals surface area contributed by atoms with Gasteiger partial charge in [0.15, 0.2) is 0 Å². The van der Waals surface area contributed by atoms with Crippen molar-refractivity contribution in [3.63, 3.8) is 0 Å². The molecule has 2 rings (SSSR count). The SMILES string of the molecule is Cc1cccc([N+](=O)[O-])c1C(=O)N1CC(C)C(C(=O)O)C1. The molecule has 0 aliphatic carbocycles. The van der Waals surface area contributed by atoms with Crippen molar-refractivity contribution in [2.24, 2.45) is 11.8 Å². The Morgan fingerprint density at radius 3 is 2.57 bits per heavy atom. The zero-order valence-electron chi connectivity index (χ0n) is 11.8. The van der Waals surface area contributed by atoms with Crippen molar-refractivity contribution in [1.29, 1.82) is 0 Å². The number of aliphatic carboxylic acids is 1. The molecule has 1 saturated heterocycles. The summed E-state index contributed by atoms with van der Waals surface area (Å²) < 4.78 is 0. The minimum atomic E-state index is -0.947. The van der Waals surface area contributed by atoms with E-state index in [1.165, 1.54) is 17.0 Å². The highest BCUT2D eigenvalue weighted by Crippen LogP contribution is 2.29. The summed E-state index contributed by atoms with van der Waals surface area (Å²) in [6, 6.07) is 4.44. The summed E-state index contributed by atoms with van der Waals surface area (Å²) in [6.07, 6.45) is 0. The lowest BCUT2D eigenvalue weighted by atomic mass is 9.99. The lowest BCUT2D eigenvalue weighted by Crippen LogP contribution is -2.31. The number of carbonyl (C=O) groups excluding carboxylic acids is 1. The highest BCUT2D eigenvalue weighted by Gasteiger charge is 2.39. The Labute approximate surface area is 121 Å². The maximum Gasteiger partial charge on any atom is 0.308 e. The van der Waals surface area contributed by atoms with Crippen LogP contribution in [0.5, 0.6) is 0 Å². The quantitative estimate of drug-likeness (QED) is 0.675. The molecule has 1 heterocycles.